The molecule has 6 atom stereocenters. The molecule has 9 fully saturated rings. The van der Waals surface area contributed by atoms with E-state index >= 15 is 0 Å². The zero-order valence-electron chi connectivity index (χ0n) is 21.6. The molecule has 9 aliphatic rings. The summed E-state index contributed by atoms with van der Waals surface area (Å²) in [5.41, 5.74) is 0.519. The third-order valence-corrected chi connectivity index (χ3v) is 12.1. The van der Waals surface area contributed by atoms with Crippen LogP contribution in [0.3, 0.4) is 0 Å². The summed E-state index contributed by atoms with van der Waals surface area (Å²) in [6.45, 7) is 4.89. The van der Waals surface area contributed by atoms with Crippen molar-refractivity contribution in [1.82, 2.24) is 10.6 Å². The summed E-state index contributed by atoms with van der Waals surface area (Å²) in [5, 5.41) is 7.15. The van der Waals surface area contributed by atoms with Crippen molar-refractivity contribution in [1.29, 1.82) is 0 Å². The topological polar surface area (TPSA) is 58.2 Å². The van der Waals surface area contributed by atoms with Gasteiger partial charge < -0.3 is 10.6 Å². The van der Waals surface area contributed by atoms with Crippen LogP contribution >= 0.6 is 0 Å². The van der Waals surface area contributed by atoms with Crippen molar-refractivity contribution in [3.63, 3.8) is 0 Å². The van der Waals surface area contributed by atoms with E-state index in [0.29, 0.717) is 22.6 Å². The van der Waals surface area contributed by atoms with Crippen LogP contribution in [-0.2, 0) is 9.59 Å². The smallest absolute Gasteiger partial charge is 0.226 e. The minimum Gasteiger partial charge on any atom is -0.351 e. The van der Waals surface area contributed by atoms with Crippen molar-refractivity contribution in [2.24, 2.45) is 45.3 Å². The lowest BCUT2D eigenvalue weighted by Gasteiger charge is -2.61. The summed E-state index contributed by atoms with van der Waals surface area (Å²) in [7, 11) is 0. The molecule has 4 nitrogen and oxygen atoms in total. The number of hydrogen-bond donors (Lipinski definition) is 2. The molecule has 188 valence electrons. The number of rotatable bonds is 4. The van der Waals surface area contributed by atoms with Gasteiger partial charge in [0.25, 0.3) is 0 Å². The molecular weight excluding hydrogens is 420 g/mol. The molecule has 0 aromatic rings. The quantitative estimate of drug-likeness (QED) is 0.555. The van der Waals surface area contributed by atoms with Crippen LogP contribution in [0.5, 0.6) is 0 Å². The first-order chi connectivity index (χ1) is 16.2. The van der Waals surface area contributed by atoms with Crippen LogP contribution in [0.25, 0.3) is 0 Å². The zero-order chi connectivity index (χ0) is 23.3. The number of nitrogens with one attached hydrogen (secondary N) is 2. The van der Waals surface area contributed by atoms with Crippen LogP contribution in [0.15, 0.2) is 0 Å². The summed E-state index contributed by atoms with van der Waals surface area (Å²) in [6, 6.07) is 0.242. The molecule has 9 saturated carbocycles. The third kappa shape index (κ3) is 3.43. The second-order valence-corrected chi connectivity index (χ2v) is 15.5. The first-order valence-corrected chi connectivity index (χ1v) is 14.8. The lowest BCUT2D eigenvalue weighted by atomic mass is 9.44. The highest BCUT2D eigenvalue weighted by molar-refractivity contribution is 5.85. The van der Waals surface area contributed by atoms with E-state index in [9.17, 15) is 9.59 Å². The maximum atomic E-state index is 13.9. The standard InChI is InChI=1S/C30H46N2O2/c1-27-9-19-7-20(10-27)14-29(13-19,17-27)25(33)31-23-5-3-4-6-24(23)32-26(34)30-15-21-8-22(16-30)12-28(2,11-21)18-30/h19-24H,3-18H2,1-2H3,(H,31,33)(H,32,34). The Morgan fingerprint density at radius 1 is 0.588 bits per heavy atom. The number of hydrogen-bond acceptors (Lipinski definition) is 2. The van der Waals surface area contributed by atoms with Crippen molar-refractivity contribution in [2.75, 3.05) is 0 Å². The van der Waals surface area contributed by atoms with Gasteiger partial charge in [-0.15, -0.1) is 0 Å². The molecule has 34 heavy (non-hydrogen) atoms. The Morgan fingerprint density at radius 2 is 0.941 bits per heavy atom. The lowest BCUT2D eigenvalue weighted by molar-refractivity contribution is -0.158. The van der Waals surface area contributed by atoms with Gasteiger partial charge in [0.15, 0.2) is 0 Å². The van der Waals surface area contributed by atoms with E-state index in [-0.39, 0.29) is 22.9 Å². The summed E-state index contributed by atoms with van der Waals surface area (Å²) in [4.78, 5) is 27.8. The second-order valence-electron chi connectivity index (χ2n) is 15.5. The van der Waals surface area contributed by atoms with Crippen molar-refractivity contribution in [3.05, 3.63) is 0 Å². The first kappa shape index (κ1) is 22.2. The third-order valence-electron chi connectivity index (χ3n) is 12.1. The van der Waals surface area contributed by atoms with Crippen molar-refractivity contribution < 1.29 is 9.59 Å². The maximum Gasteiger partial charge on any atom is 0.226 e. The van der Waals surface area contributed by atoms with Crippen LogP contribution in [0, 0.1) is 45.3 Å². The highest BCUT2D eigenvalue weighted by Crippen LogP contribution is 2.66. The normalized spacial score (nSPS) is 54.8. The molecule has 6 unspecified atom stereocenters. The van der Waals surface area contributed by atoms with Gasteiger partial charge in [0.1, 0.15) is 0 Å². The van der Waals surface area contributed by atoms with Crippen LogP contribution in [-0.4, -0.2) is 23.9 Å². The SMILES string of the molecule is CC12CC3CC(C1)CC(C(=O)NC1CCCCC1NC(=O)C14CC5CC(CC(C)(C5)C1)C4)(C3)C2. The van der Waals surface area contributed by atoms with E-state index in [1.807, 2.05) is 0 Å². The van der Waals surface area contributed by atoms with Crippen molar-refractivity contribution >= 4 is 11.8 Å². The van der Waals surface area contributed by atoms with Gasteiger partial charge in [-0.3, -0.25) is 9.59 Å². The van der Waals surface area contributed by atoms with Gasteiger partial charge >= 0.3 is 0 Å². The first-order valence-electron chi connectivity index (χ1n) is 14.8. The van der Waals surface area contributed by atoms with E-state index < -0.39 is 0 Å². The average molecular weight is 467 g/mol. The minimum absolute atomic E-state index is 0.121. The number of carbonyl (C=O) groups excluding carboxylic acids is 2. The Morgan fingerprint density at radius 3 is 1.26 bits per heavy atom. The van der Waals surface area contributed by atoms with E-state index in [1.165, 1.54) is 51.4 Å². The predicted octanol–water partition coefficient (Wildman–Crippen LogP) is 5.74. The van der Waals surface area contributed by atoms with Gasteiger partial charge in [0.2, 0.25) is 11.8 Å². The molecular formula is C30H46N2O2. The van der Waals surface area contributed by atoms with E-state index in [4.69, 9.17) is 0 Å². The monoisotopic (exact) mass is 466 g/mol. The Bertz CT molecular complexity index is 794. The fourth-order valence-corrected chi connectivity index (χ4v) is 12.1. The fraction of sp³-hybridized carbons (Fsp3) is 0.933. The molecule has 0 radical (unpaired) electrons. The van der Waals surface area contributed by atoms with Crippen molar-refractivity contribution in [3.8, 4) is 0 Å². The molecule has 4 heteroatoms. The van der Waals surface area contributed by atoms with Crippen LogP contribution < -0.4 is 10.6 Å². The van der Waals surface area contributed by atoms with Gasteiger partial charge in [0.05, 0.1) is 10.8 Å². The summed E-state index contributed by atoms with van der Waals surface area (Å²) >= 11 is 0. The number of amides is 2. The Hall–Kier alpha value is -1.06. The summed E-state index contributed by atoms with van der Waals surface area (Å²) < 4.78 is 0. The zero-order valence-corrected chi connectivity index (χ0v) is 21.6. The highest BCUT2D eigenvalue weighted by atomic mass is 16.2. The van der Waals surface area contributed by atoms with Gasteiger partial charge in [-0.05, 0) is 124 Å². The summed E-state index contributed by atoms with van der Waals surface area (Å²) in [5.74, 6) is 3.71. The molecule has 9 aliphatic carbocycles. The minimum atomic E-state index is -0.126. The molecule has 0 aliphatic heterocycles. The molecule has 0 aromatic carbocycles. The molecule has 2 amide bonds. The largest absolute Gasteiger partial charge is 0.351 e. The molecule has 0 saturated heterocycles. The van der Waals surface area contributed by atoms with Gasteiger partial charge in [-0.1, -0.05) is 26.7 Å². The van der Waals surface area contributed by atoms with Gasteiger partial charge in [0, 0.05) is 12.1 Å². The second kappa shape index (κ2) is 7.25. The molecule has 0 spiro atoms. The lowest BCUT2D eigenvalue weighted by Crippen LogP contribution is -2.63. The Balaban J connectivity index is 1.06. The van der Waals surface area contributed by atoms with Gasteiger partial charge in [-0.25, -0.2) is 0 Å². The van der Waals surface area contributed by atoms with Crippen LogP contribution in [0.1, 0.15) is 117 Å². The average Bonchev–Trinajstić information content (AvgIpc) is 2.71. The molecule has 8 bridgehead atoms. The van der Waals surface area contributed by atoms with E-state index in [0.717, 1.165) is 75.0 Å². The van der Waals surface area contributed by atoms with Crippen LogP contribution in [0.2, 0.25) is 0 Å². The van der Waals surface area contributed by atoms with E-state index in [2.05, 4.69) is 24.5 Å². The van der Waals surface area contributed by atoms with Crippen molar-refractivity contribution in [2.45, 2.75) is 129 Å². The molecule has 2 N–H and O–H groups in total. The Labute approximate surface area is 206 Å². The highest BCUT2D eigenvalue weighted by Gasteiger charge is 2.60. The molecule has 0 aromatic heterocycles. The fourth-order valence-electron chi connectivity index (χ4n) is 12.1. The number of carbonyl (C=O) groups is 2. The maximum absolute atomic E-state index is 13.9. The predicted molar refractivity (Wildman–Crippen MR) is 133 cm³/mol. The van der Waals surface area contributed by atoms with Crippen LogP contribution in [0.4, 0.5) is 0 Å². The Kier molecular flexibility index (Phi) is 4.73. The van der Waals surface area contributed by atoms with E-state index in [1.54, 1.807) is 0 Å². The van der Waals surface area contributed by atoms with Gasteiger partial charge in [-0.2, -0.15) is 0 Å². The molecule has 0 heterocycles. The summed E-state index contributed by atoms with van der Waals surface area (Å²) in [6.07, 6.45) is 19.1. The molecule has 9 rings (SSSR count).